The number of nitrogens with zero attached hydrogens (tertiary/aromatic N) is 2. The molecular formula is C22H25N3O5S. The number of nitrogens with one attached hydrogen (secondary N) is 1. The summed E-state index contributed by atoms with van der Waals surface area (Å²) in [7, 11) is 1.39. The van der Waals surface area contributed by atoms with Crippen molar-refractivity contribution in [3.05, 3.63) is 63.2 Å². The largest absolute Gasteiger partial charge is 0.490 e. The van der Waals surface area contributed by atoms with E-state index in [0.717, 1.165) is 37.1 Å². The molecule has 0 spiro atoms. The summed E-state index contributed by atoms with van der Waals surface area (Å²) in [5, 5.41) is 14.0. The fourth-order valence-corrected chi connectivity index (χ4v) is 4.28. The Bertz CT molecular complexity index is 989. The Labute approximate surface area is 185 Å². The second kappa shape index (κ2) is 10.3. The van der Waals surface area contributed by atoms with Gasteiger partial charge in [-0.15, -0.1) is 11.8 Å². The first kappa shape index (κ1) is 22.6. The van der Waals surface area contributed by atoms with Crippen LogP contribution in [0.2, 0.25) is 0 Å². The standard InChI is InChI=1S/C22H25N3O5S/c1-15-17(22(27)24-10-3-4-11-24)6-5-7-18(15)23-21(26)14-31-13-16-8-9-20(30-2)19(12-16)25(28)29/h5-9,12H,3-4,10-11,13-14H2,1-2H3,(H,23,26). The molecule has 1 N–H and O–H groups in total. The van der Waals surface area contributed by atoms with Gasteiger partial charge in [-0.1, -0.05) is 12.1 Å². The van der Waals surface area contributed by atoms with E-state index in [1.165, 1.54) is 24.9 Å². The zero-order valence-electron chi connectivity index (χ0n) is 17.6. The molecule has 8 nitrogen and oxygen atoms in total. The van der Waals surface area contributed by atoms with Crippen LogP contribution in [-0.2, 0) is 10.5 Å². The van der Waals surface area contributed by atoms with E-state index in [1.54, 1.807) is 30.3 Å². The van der Waals surface area contributed by atoms with Crippen molar-refractivity contribution in [1.82, 2.24) is 4.90 Å². The number of rotatable bonds is 8. The lowest BCUT2D eigenvalue weighted by Crippen LogP contribution is -2.28. The monoisotopic (exact) mass is 443 g/mol. The maximum atomic E-state index is 12.7. The van der Waals surface area contributed by atoms with Gasteiger partial charge in [-0.05, 0) is 49.1 Å². The first-order valence-electron chi connectivity index (χ1n) is 9.98. The van der Waals surface area contributed by atoms with Crippen LogP contribution in [0.1, 0.15) is 34.3 Å². The van der Waals surface area contributed by atoms with Gasteiger partial charge in [0.2, 0.25) is 5.91 Å². The minimum Gasteiger partial charge on any atom is -0.490 e. The second-order valence-electron chi connectivity index (χ2n) is 7.28. The lowest BCUT2D eigenvalue weighted by molar-refractivity contribution is -0.385. The van der Waals surface area contributed by atoms with Gasteiger partial charge in [-0.25, -0.2) is 0 Å². The van der Waals surface area contributed by atoms with E-state index < -0.39 is 4.92 Å². The minimum absolute atomic E-state index is 0.00146. The fourth-order valence-electron chi connectivity index (χ4n) is 3.51. The Morgan fingerprint density at radius 1 is 1.23 bits per heavy atom. The topological polar surface area (TPSA) is 102 Å². The van der Waals surface area contributed by atoms with Gasteiger partial charge in [0.15, 0.2) is 5.75 Å². The Balaban J connectivity index is 1.58. The predicted molar refractivity (Wildman–Crippen MR) is 121 cm³/mol. The van der Waals surface area contributed by atoms with Crippen molar-refractivity contribution in [3.8, 4) is 5.75 Å². The van der Waals surface area contributed by atoms with Crippen LogP contribution >= 0.6 is 11.8 Å². The number of ether oxygens (including phenoxy) is 1. The summed E-state index contributed by atoms with van der Waals surface area (Å²) >= 11 is 1.35. The van der Waals surface area contributed by atoms with Gasteiger partial charge in [0, 0.05) is 36.2 Å². The van der Waals surface area contributed by atoms with Crippen molar-refractivity contribution >= 4 is 35.0 Å². The van der Waals surface area contributed by atoms with Crippen molar-refractivity contribution in [2.24, 2.45) is 0 Å². The van der Waals surface area contributed by atoms with Crippen molar-refractivity contribution in [2.45, 2.75) is 25.5 Å². The zero-order valence-corrected chi connectivity index (χ0v) is 18.4. The molecule has 0 aromatic heterocycles. The number of methoxy groups -OCH3 is 1. The summed E-state index contributed by atoms with van der Waals surface area (Å²) in [4.78, 5) is 37.6. The smallest absolute Gasteiger partial charge is 0.311 e. The van der Waals surface area contributed by atoms with Crippen molar-refractivity contribution in [3.63, 3.8) is 0 Å². The van der Waals surface area contributed by atoms with Gasteiger partial charge in [0.05, 0.1) is 17.8 Å². The van der Waals surface area contributed by atoms with Gasteiger partial charge in [0.25, 0.3) is 5.91 Å². The maximum absolute atomic E-state index is 12.7. The molecule has 3 rings (SSSR count). The summed E-state index contributed by atoms with van der Waals surface area (Å²) < 4.78 is 5.00. The Hall–Kier alpha value is -3.07. The van der Waals surface area contributed by atoms with Crippen LogP contribution in [0.25, 0.3) is 0 Å². The molecule has 0 aliphatic carbocycles. The van der Waals surface area contributed by atoms with Gasteiger partial charge >= 0.3 is 5.69 Å². The lowest BCUT2D eigenvalue weighted by atomic mass is 10.1. The third-order valence-electron chi connectivity index (χ3n) is 5.17. The van der Waals surface area contributed by atoms with E-state index in [-0.39, 0.29) is 29.0 Å². The van der Waals surface area contributed by atoms with Crippen LogP contribution in [0, 0.1) is 17.0 Å². The molecule has 1 aliphatic rings. The Kier molecular flexibility index (Phi) is 7.51. The second-order valence-corrected chi connectivity index (χ2v) is 8.27. The first-order chi connectivity index (χ1) is 14.9. The molecule has 0 unspecified atom stereocenters. The highest BCUT2D eigenvalue weighted by atomic mass is 32.2. The number of amides is 2. The number of likely N-dealkylation sites (tertiary alicyclic amines) is 1. The number of anilines is 1. The molecule has 2 amide bonds. The molecule has 164 valence electrons. The highest BCUT2D eigenvalue weighted by Crippen LogP contribution is 2.29. The van der Waals surface area contributed by atoms with E-state index in [1.807, 2.05) is 11.8 Å². The molecule has 0 atom stereocenters. The SMILES string of the molecule is COc1ccc(CSCC(=O)Nc2cccc(C(=O)N3CCCC3)c2C)cc1[N+](=O)[O-]. The highest BCUT2D eigenvalue weighted by Gasteiger charge is 2.22. The van der Waals surface area contributed by atoms with Crippen LogP contribution in [-0.4, -0.2) is 47.6 Å². The lowest BCUT2D eigenvalue weighted by Gasteiger charge is -2.18. The van der Waals surface area contributed by atoms with Crippen LogP contribution in [0.3, 0.4) is 0 Å². The highest BCUT2D eigenvalue weighted by molar-refractivity contribution is 7.99. The quantitative estimate of drug-likeness (QED) is 0.488. The van der Waals surface area contributed by atoms with E-state index in [4.69, 9.17) is 4.74 Å². The number of carbonyl (C=O) groups excluding carboxylic acids is 2. The molecule has 1 aliphatic heterocycles. The number of nitro benzene ring substituents is 1. The van der Waals surface area contributed by atoms with E-state index in [2.05, 4.69) is 5.32 Å². The molecule has 9 heteroatoms. The van der Waals surface area contributed by atoms with Gasteiger partial charge in [-0.2, -0.15) is 0 Å². The number of nitro groups is 1. The molecule has 1 saturated heterocycles. The van der Waals surface area contributed by atoms with Crippen LogP contribution in [0.5, 0.6) is 5.75 Å². The molecule has 0 bridgehead atoms. The van der Waals surface area contributed by atoms with Gasteiger partial charge in [0.1, 0.15) is 0 Å². The van der Waals surface area contributed by atoms with Crippen LogP contribution < -0.4 is 10.1 Å². The van der Waals surface area contributed by atoms with Crippen molar-refractivity contribution in [2.75, 3.05) is 31.3 Å². The first-order valence-corrected chi connectivity index (χ1v) is 11.1. The van der Waals surface area contributed by atoms with Gasteiger partial charge in [-0.3, -0.25) is 19.7 Å². The Morgan fingerprint density at radius 3 is 2.65 bits per heavy atom. The molecule has 2 aromatic rings. The molecule has 2 aromatic carbocycles. The molecular weight excluding hydrogens is 418 g/mol. The van der Waals surface area contributed by atoms with E-state index in [9.17, 15) is 19.7 Å². The number of thioether (sulfide) groups is 1. The minimum atomic E-state index is -0.487. The van der Waals surface area contributed by atoms with Crippen LogP contribution in [0.15, 0.2) is 36.4 Å². The number of hydrogen-bond acceptors (Lipinski definition) is 6. The predicted octanol–water partition coefficient (Wildman–Crippen LogP) is 4.02. The number of carbonyl (C=O) groups is 2. The third kappa shape index (κ3) is 5.55. The summed E-state index contributed by atoms with van der Waals surface area (Å²) in [5.41, 5.74) is 2.62. The summed E-state index contributed by atoms with van der Waals surface area (Å²) in [6, 6.07) is 10.1. The average Bonchev–Trinajstić information content (AvgIpc) is 3.29. The number of hydrogen-bond donors (Lipinski definition) is 1. The summed E-state index contributed by atoms with van der Waals surface area (Å²) in [5.74, 6) is 0.646. The number of benzene rings is 2. The zero-order chi connectivity index (χ0) is 22.4. The maximum Gasteiger partial charge on any atom is 0.311 e. The van der Waals surface area contributed by atoms with E-state index in [0.29, 0.717) is 17.0 Å². The van der Waals surface area contributed by atoms with E-state index >= 15 is 0 Å². The molecule has 0 radical (unpaired) electrons. The molecule has 0 saturated carbocycles. The summed E-state index contributed by atoms with van der Waals surface area (Å²) in [6.07, 6.45) is 2.05. The molecule has 1 heterocycles. The van der Waals surface area contributed by atoms with Crippen molar-refractivity contribution in [1.29, 1.82) is 0 Å². The third-order valence-corrected chi connectivity index (χ3v) is 6.18. The fraction of sp³-hybridized carbons (Fsp3) is 0.364. The molecule has 1 fully saturated rings. The Morgan fingerprint density at radius 2 is 1.97 bits per heavy atom. The normalized spacial score (nSPS) is 13.2. The summed E-state index contributed by atoms with van der Waals surface area (Å²) in [6.45, 7) is 3.38. The molecule has 31 heavy (non-hydrogen) atoms. The van der Waals surface area contributed by atoms with Gasteiger partial charge < -0.3 is 15.0 Å². The van der Waals surface area contributed by atoms with Crippen molar-refractivity contribution < 1.29 is 19.2 Å². The van der Waals surface area contributed by atoms with Crippen LogP contribution in [0.4, 0.5) is 11.4 Å². The average molecular weight is 444 g/mol.